The lowest BCUT2D eigenvalue weighted by atomic mass is 10.2. The van der Waals surface area contributed by atoms with Gasteiger partial charge in [0, 0.05) is 45.7 Å². The third-order valence-electron chi connectivity index (χ3n) is 4.16. The summed E-state index contributed by atoms with van der Waals surface area (Å²) in [5, 5.41) is 11.4. The molecule has 124 valence electrons. The average molecular weight is 336 g/mol. The number of piperazine rings is 1. The Kier molecular flexibility index (Phi) is 5.04. The maximum absolute atomic E-state index is 12.3. The Morgan fingerprint density at radius 3 is 2.78 bits per heavy atom. The first-order chi connectivity index (χ1) is 11.2. The number of amides is 1. The van der Waals surface area contributed by atoms with Crippen molar-refractivity contribution in [2.24, 2.45) is 0 Å². The summed E-state index contributed by atoms with van der Waals surface area (Å²) in [5.41, 5.74) is -0.0863. The molecule has 0 atom stereocenters. The molecule has 0 bridgehead atoms. The second-order valence-electron chi connectivity index (χ2n) is 5.58. The Bertz CT molecular complexity index is 734. The summed E-state index contributed by atoms with van der Waals surface area (Å²) in [4.78, 5) is 33.5. The molecule has 0 unspecified atom stereocenters. The zero-order valence-electron chi connectivity index (χ0n) is 12.8. The highest BCUT2D eigenvalue weighted by atomic mass is 32.1. The van der Waals surface area contributed by atoms with Crippen LogP contribution in [0, 0.1) is 0 Å². The van der Waals surface area contributed by atoms with Gasteiger partial charge >= 0.3 is 0 Å². The van der Waals surface area contributed by atoms with Gasteiger partial charge < -0.3 is 10.0 Å². The molecule has 8 heteroatoms. The van der Waals surface area contributed by atoms with Crippen LogP contribution >= 0.6 is 11.3 Å². The van der Waals surface area contributed by atoms with Crippen molar-refractivity contribution in [1.82, 2.24) is 19.4 Å². The number of rotatable bonds is 5. The number of fused-ring (bicyclic) bond motifs is 1. The largest absolute Gasteiger partial charge is 0.395 e. The zero-order chi connectivity index (χ0) is 16.2. The third kappa shape index (κ3) is 3.60. The first kappa shape index (κ1) is 16.1. The minimum absolute atomic E-state index is 0.0611. The first-order valence-electron chi connectivity index (χ1n) is 7.72. The Labute approximate surface area is 137 Å². The van der Waals surface area contributed by atoms with Crippen LogP contribution in [0.2, 0.25) is 0 Å². The number of carbonyl (C=O) groups excluding carboxylic acids is 1. The molecule has 23 heavy (non-hydrogen) atoms. The lowest BCUT2D eigenvalue weighted by Crippen LogP contribution is -2.49. The molecule has 0 aliphatic carbocycles. The SMILES string of the molecule is O=C(CCn1cnc2sccc2c1=O)N1CCN(CCO)CC1. The number of hydrogen-bond acceptors (Lipinski definition) is 6. The molecule has 0 saturated carbocycles. The number of carbonyl (C=O) groups is 1. The molecule has 2 aromatic rings. The summed E-state index contributed by atoms with van der Waals surface area (Å²) in [6, 6.07) is 1.77. The van der Waals surface area contributed by atoms with E-state index in [2.05, 4.69) is 9.88 Å². The van der Waals surface area contributed by atoms with Crippen LogP contribution in [0.3, 0.4) is 0 Å². The molecule has 0 spiro atoms. The van der Waals surface area contributed by atoms with E-state index >= 15 is 0 Å². The van der Waals surface area contributed by atoms with Gasteiger partial charge in [-0.3, -0.25) is 19.1 Å². The second kappa shape index (κ2) is 7.20. The van der Waals surface area contributed by atoms with Gasteiger partial charge in [-0.05, 0) is 11.4 Å². The van der Waals surface area contributed by atoms with Gasteiger partial charge in [-0.25, -0.2) is 4.98 Å². The number of aryl methyl sites for hydroxylation is 1. The number of hydrogen-bond donors (Lipinski definition) is 1. The molecule has 1 aliphatic rings. The van der Waals surface area contributed by atoms with Gasteiger partial charge in [0.25, 0.3) is 5.56 Å². The van der Waals surface area contributed by atoms with Crippen LogP contribution in [-0.4, -0.2) is 69.7 Å². The number of thiophene rings is 1. The Morgan fingerprint density at radius 1 is 1.26 bits per heavy atom. The fourth-order valence-electron chi connectivity index (χ4n) is 2.79. The molecule has 1 aliphatic heterocycles. The summed E-state index contributed by atoms with van der Waals surface area (Å²) in [6.07, 6.45) is 1.82. The minimum atomic E-state index is -0.0863. The summed E-state index contributed by atoms with van der Waals surface area (Å²) < 4.78 is 1.51. The maximum atomic E-state index is 12.3. The Balaban J connectivity index is 1.56. The van der Waals surface area contributed by atoms with Crippen LogP contribution in [-0.2, 0) is 11.3 Å². The fraction of sp³-hybridized carbons (Fsp3) is 0.533. The van der Waals surface area contributed by atoms with E-state index in [4.69, 9.17) is 5.11 Å². The normalized spacial score (nSPS) is 16.1. The topological polar surface area (TPSA) is 78.7 Å². The van der Waals surface area contributed by atoms with Crippen LogP contribution < -0.4 is 5.56 Å². The fourth-order valence-corrected chi connectivity index (χ4v) is 3.51. The molecular weight excluding hydrogens is 316 g/mol. The first-order valence-corrected chi connectivity index (χ1v) is 8.60. The molecule has 1 fully saturated rings. The average Bonchev–Trinajstić information content (AvgIpc) is 3.04. The highest BCUT2D eigenvalue weighted by Gasteiger charge is 2.20. The number of aliphatic hydroxyl groups excluding tert-OH is 1. The lowest BCUT2D eigenvalue weighted by molar-refractivity contribution is -0.133. The third-order valence-corrected chi connectivity index (χ3v) is 4.98. The quantitative estimate of drug-likeness (QED) is 0.830. The smallest absolute Gasteiger partial charge is 0.262 e. The summed E-state index contributed by atoms with van der Waals surface area (Å²) >= 11 is 1.44. The van der Waals surface area contributed by atoms with E-state index in [0.29, 0.717) is 38.0 Å². The van der Waals surface area contributed by atoms with Crippen LogP contribution in [0.15, 0.2) is 22.6 Å². The predicted molar refractivity (Wildman–Crippen MR) is 88.6 cm³/mol. The van der Waals surface area contributed by atoms with Crippen LogP contribution in [0.4, 0.5) is 0 Å². The standard InChI is InChI=1S/C15H20N4O3S/c20-9-8-17-4-6-18(7-5-17)13(21)1-3-19-11-16-14-12(15(19)22)2-10-23-14/h2,10-11,20H,1,3-9H2. The summed E-state index contributed by atoms with van der Waals surface area (Å²) in [7, 11) is 0. The van der Waals surface area contributed by atoms with Gasteiger partial charge in [0.05, 0.1) is 18.3 Å². The number of β-amino-alcohol motifs (C(OH)–C–C–N with tert-alkyl or cyclic N) is 1. The van der Waals surface area contributed by atoms with Crippen molar-refractivity contribution in [3.8, 4) is 0 Å². The zero-order valence-corrected chi connectivity index (χ0v) is 13.7. The summed E-state index contributed by atoms with van der Waals surface area (Å²) in [5.74, 6) is 0.0611. The molecule has 7 nitrogen and oxygen atoms in total. The minimum Gasteiger partial charge on any atom is -0.395 e. The predicted octanol–water partition coefficient (Wildman–Crippen LogP) is -0.0154. The van der Waals surface area contributed by atoms with Gasteiger partial charge in [-0.15, -0.1) is 11.3 Å². The van der Waals surface area contributed by atoms with Crippen molar-refractivity contribution in [3.05, 3.63) is 28.1 Å². The number of aliphatic hydroxyl groups is 1. The molecule has 1 saturated heterocycles. The van der Waals surface area contributed by atoms with E-state index in [1.165, 1.54) is 22.2 Å². The van der Waals surface area contributed by atoms with E-state index in [0.717, 1.165) is 17.9 Å². The van der Waals surface area contributed by atoms with Gasteiger partial charge in [0.2, 0.25) is 5.91 Å². The van der Waals surface area contributed by atoms with Gasteiger partial charge in [-0.1, -0.05) is 0 Å². The Hall–Kier alpha value is -1.77. The van der Waals surface area contributed by atoms with Crippen molar-refractivity contribution in [2.45, 2.75) is 13.0 Å². The molecule has 3 rings (SSSR count). The molecule has 0 radical (unpaired) electrons. The highest BCUT2D eigenvalue weighted by Crippen LogP contribution is 2.13. The van der Waals surface area contributed by atoms with E-state index in [1.807, 2.05) is 10.3 Å². The molecule has 2 aromatic heterocycles. The van der Waals surface area contributed by atoms with E-state index < -0.39 is 0 Å². The van der Waals surface area contributed by atoms with Crippen molar-refractivity contribution >= 4 is 27.5 Å². The van der Waals surface area contributed by atoms with Crippen LogP contribution in [0.25, 0.3) is 10.2 Å². The van der Waals surface area contributed by atoms with Crippen molar-refractivity contribution in [2.75, 3.05) is 39.3 Å². The molecule has 0 aromatic carbocycles. The molecular formula is C15H20N4O3S. The van der Waals surface area contributed by atoms with Gasteiger partial charge in [-0.2, -0.15) is 0 Å². The highest BCUT2D eigenvalue weighted by molar-refractivity contribution is 7.16. The Morgan fingerprint density at radius 2 is 2.04 bits per heavy atom. The molecule has 1 N–H and O–H groups in total. The second-order valence-corrected chi connectivity index (χ2v) is 6.47. The van der Waals surface area contributed by atoms with E-state index in [-0.39, 0.29) is 18.1 Å². The molecule has 1 amide bonds. The number of nitrogens with zero attached hydrogens (tertiary/aromatic N) is 4. The van der Waals surface area contributed by atoms with Crippen molar-refractivity contribution in [3.63, 3.8) is 0 Å². The van der Waals surface area contributed by atoms with E-state index in [9.17, 15) is 9.59 Å². The molecule has 3 heterocycles. The monoisotopic (exact) mass is 336 g/mol. The van der Waals surface area contributed by atoms with E-state index in [1.54, 1.807) is 6.07 Å². The maximum Gasteiger partial charge on any atom is 0.262 e. The number of aromatic nitrogens is 2. The summed E-state index contributed by atoms with van der Waals surface area (Å²) in [6.45, 7) is 4.08. The van der Waals surface area contributed by atoms with Gasteiger partial charge in [0.1, 0.15) is 4.83 Å². The van der Waals surface area contributed by atoms with Crippen LogP contribution in [0.1, 0.15) is 6.42 Å². The lowest BCUT2D eigenvalue weighted by Gasteiger charge is -2.34. The van der Waals surface area contributed by atoms with Crippen LogP contribution in [0.5, 0.6) is 0 Å². The van der Waals surface area contributed by atoms with Gasteiger partial charge in [0.15, 0.2) is 0 Å². The van der Waals surface area contributed by atoms with Crippen molar-refractivity contribution in [1.29, 1.82) is 0 Å². The van der Waals surface area contributed by atoms with Crippen molar-refractivity contribution < 1.29 is 9.90 Å².